The van der Waals surface area contributed by atoms with E-state index in [0.29, 0.717) is 6.54 Å². The van der Waals surface area contributed by atoms with Crippen LogP contribution < -0.4 is 5.73 Å². The van der Waals surface area contributed by atoms with Crippen LogP contribution >= 0.6 is 0 Å². The Morgan fingerprint density at radius 2 is 1.90 bits per heavy atom. The van der Waals surface area contributed by atoms with Gasteiger partial charge in [-0.15, -0.1) is 0 Å². The molecular formula is C18H27NO. The first kappa shape index (κ1) is 14.1. The molecule has 1 aromatic rings. The Bertz CT molecular complexity index is 510. The SMILES string of the molecule is CC1(C)CCC(O)(C2(CN)CCCc3ccccc32)C1. The highest BCUT2D eigenvalue weighted by molar-refractivity contribution is 5.41. The zero-order valence-corrected chi connectivity index (χ0v) is 12.8. The summed E-state index contributed by atoms with van der Waals surface area (Å²) >= 11 is 0. The monoisotopic (exact) mass is 273 g/mol. The van der Waals surface area contributed by atoms with Gasteiger partial charge in [-0.05, 0) is 55.1 Å². The highest BCUT2D eigenvalue weighted by Crippen LogP contribution is 2.55. The van der Waals surface area contributed by atoms with Gasteiger partial charge < -0.3 is 10.8 Å². The van der Waals surface area contributed by atoms with Crippen molar-refractivity contribution >= 4 is 0 Å². The first-order valence-corrected chi connectivity index (χ1v) is 7.93. The number of nitrogens with two attached hydrogens (primary N) is 1. The molecule has 1 fully saturated rings. The maximum atomic E-state index is 11.5. The lowest BCUT2D eigenvalue weighted by molar-refractivity contribution is -0.0464. The number of aliphatic hydroxyl groups is 1. The summed E-state index contributed by atoms with van der Waals surface area (Å²) in [4.78, 5) is 0. The van der Waals surface area contributed by atoms with Crippen molar-refractivity contribution in [2.75, 3.05) is 6.54 Å². The summed E-state index contributed by atoms with van der Waals surface area (Å²) in [7, 11) is 0. The molecule has 20 heavy (non-hydrogen) atoms. The molecule has 2 heteroatoms. The summed E-state index contributed by atoms with van der Waals surface area (Å²) in [6, 6.07) is 8.61. The maximum absolute atomic E-state index is 11.5. The molecule has 3 N–H and O–H groups in total. The van der Waals surface area contributed by atoms with Crippen LogP contribution in [0.25, 0.3) is 0 Å². The van der Waals surface area contributed by atoms with E-state index in [0.717, 1.165) is 38.5 Å². The van der Waals surface area contributed by atoms with Crippen LogP contribution in [0.2, 0.25) is 0 Å². The predicted molar refractivity (Wildman–Crippen MR) is 82.7 cm³/mol. The summed E-state index contributed by atoms with van der Waals surface area (Å²) in [6.45, 7) is 5.09. The van der Waals surface area contributed by atoms with Crippen molar-refractivity contribution in [1.29, 1.82) is 0 Å². The van der Waals surface area contributed by atoms with Crippen LogP contribution in [0, 0.1) is 5.41 Å². The number of rotatable bonds is 2. The normalized spacial score (nSPS) is 35.8. The van der Waals surface area contributed by atoms with Gasteiger partial charge in [-0.2, -0.15) is 0 Å². The Morgan fingerprint density at radius 1 is 1.15 bits per heavy atom. The third-order valence-electron chi connectivity index (χ3n) is 5.81. The first-order chi connectivity index (χ1) is 9.43. The summed E-state index contributed by atoms with van der Waals surface area (Å²) in [5.41, 5.74) is 8.30. The number of hydrogen-bond donors (Lipinski definition) is 2. The largest absolute Gasteiger partial charge is 0.389 e. The van der Waals surface area contributed by atoms with E-state index in [1.54, 1.807) is 0 Å². The Morgan fingerprint density at radius 3 is 2.55 bits per heavy atom. The average molecular weight is 273 g/mol. The Hall–Kier alpha value is -0.860. The molecule has 0 aromatic heterocycles. The second-order valence-electron chi connectivity index (χ2n) is 7.67. The van der Waals surface area contributed by atoms with Crippen molar-refractivity contribution in [2.24, 2.45) is 11.1 Å². The average Bonchev–Trinajstić information content (AvgIpc) is 2.73. The third-order valence-corrected chi connectivity index (χ3v) is 5.81. The van der Waals surface area contributed by atoms with E-state index in [1.807, 2.05) is 0 Å². The molecule has 1 saturated carbocycles. The molecule has 3 rings (SSSR count). The van der Waals surface area contributed by atoms with E-state index in [9.17, 15) is 5.11 Å². The van der Waals surface area contributed by atoms with Crippen molar-refractivity contribution in [3.8, 4) is 0 Å². The van der Waals surface area contributed by atoms with Gasteiger partial charge in [-0.1, -0.05) is 38.1 Å². The fraction of sp³-hybridized carbons (Fsp3) is 0.667. The molecule has 0 bridgehead atoms. The number of aryl methyl sites for hydroxylation is 1. The standard InChI is InChI=1S/C18H27NO/c1-16(2)10-11-18(20,12-16)17(13-19)9-5-7-14-6-3-4-8-15(14)17/h3-4,6,8,20H,5,7,9-13,19H2,1-2H3. The second kappa shape index (κ2) is 4.57. The van der Waals surface area contributed by atoms with Crippen LogP contribution in [0.1, 0.15) is 57.1 Å². The molecule has 2 unspecified atom stereocenters. The van der Waals surface area contributed by atoms with Gasteiger partial charge in [0.1, 0.15) is 0 Å². The summed E-state index contributed by atoms with van der Waals surface area (Å²) in [6.07, 6.45) is 6.12. The van der Waals surface area contributed by atoms with Gasteiger partial charge in [-0.25, -0.2) is 0 Å². The molecule has 110 valence electrons. The fourth-order valence-corrected chi connectivity index (χ4v) is 4.73. The van der Waals surface area contributed by atoms with Gasteiger partial charge >= 0.3 is 0 Å². The minimum absolute atomic E-state index is 0.226. The van der Waals surface area contributed by atoms with Crippen molar-refractivity contribution < 1.29 is 5.11 Å². The van der Waals surface area contributed by atoms with Crippen molar-refractivity contribution in [3.63, 3.8) is 0 Å². The minimum atomic E-state index is -0.637. The van der Waals surface area contributed by atoms with Crippen LogP contribution in [-0.2, 0) is 11.8 Å². The molecule has 0 saturated heterocycles. The van der Waals surface area contributed by atoms with Crippen LogP contribution in [-0.4, -0.2) is 17.3 Å². The molecule has 2 aliphatic rings. The molecule has 1 aromatic carbocycles. The van der Waals surface area contributed by atoms with Gasteiger partial charge in [0.25, 0.3) is 0 Å². The molecule has 2 aliphatic carbocycles. The lowest BCUT2D eigenvalue weighted by atomic mass is 9.59. The molecule has 0 heterocycles. The van der Waals surface area contributed by atoms with Crippen LogP contribution in [0.5, 0.6) is 0 Å². The van der Waals surface area contributed by atoms with Crippen molar-refractivity contribution in [1.82, 2.24) is 0 Å². The van der Waals surface area contributed by atoms with Gasteiger partial charge in [-0.3, -0.25) is 0 Å². The van der Waals surface area contributed by atoms with Crippen molar-refractivity contribution in [2.45, 2.75) is 63.4 Å². The molecule has 2 atom stereocenters. The van der Waals surface area contributed by atoms with E-state index in [4.69, 9.17) is 5.73 Å². The van der Waals surface area contributed by atoms with E-state index in [1.165, 1.54) is 11.1 Å². The highest BCUT2D eigenvalue weighted by Gasteiger charge is 2.56. The van der Waals surface area contributed by atoms with Crippen molar-refractivity contribution in [3.05, 3.63) is 35.4 Å². The van der Waals surface area contributed by atoms with Gasteiger partial charge in [0, 0.05) is 12.0 Å². The zero-order chi connectivity index (χ0) is 14.4. The lowest BCUT2D eigenvalue weighted by Crippen LogP contribution is -2.56. The van der Waals surface area contributed by atoms with Gasteiger partial charge in [0.05, 0.1) is 5.60 Å². The first-order valence-electron chi connectivity index (χ1n) is 7.93. The maximum Gasteiger partial charge on any atom is 0.0761 e. The minimum Gasteiger partial charge on any atom is -0.389 e. The Labute approximate surface area is 122 Å². The molecule has 0 aliphatic heterocycles. The summed E-state index contributed by atoms with van der Waals surface area (Å²) < 4.78 is 0. The van der Waals surface area contributed by atoms with Crippen LogP contribution in [0.3, 0.4) is 0 Å². The Balaban J connectivity index is 2.10. The summed E-state index contributed by atoms with van der Waals surface area (Å²) in [5, 5.41) is 11.5. The molecule has 0 radical (unpaired) electrons. The Kier molecular flexibility index (Phi) is 3.22. The number of benzene rings is 1. The molecule has 2 nitrogen and oxygen atoms in total. The smallest absolute Gasteiger partial charge is 0.0761 e. The number of fused-ring (bicyclic) bond motifs is 1. The van der Waals surface area contributed by atoms with E-state index in [2.05, 4.69) is 38.1 Å². The zero-order valence-electron chi connectivity index (χ0n) is 12.8. The van der Waals surface area contributed by atoms with Gasteiger partial charge in [0.15, 0.2) is 0 Å². The second-order valence-corrected chi connectivity index (χ2v) is 7.67. The predicted octanol–water partition coefficient (Wildman–Crippen LogP) is 3.16. The van der Waals surface area contributed by atoms with E-state index in [-0.39, 0.29) is 10.8 Å². The molecule has 0 spiro atoms. The van der Waals surface area contributed by atoms with E-state index < -0.39 is 5.60 Å². The van der Waals surface area contributed by atoms with E-state index >= 15 is 0 Å². The molecule has 0 amide bonds. The van der Waals surface area contributed by atoms with Gasteiger partial charge in [0.2, 0.25) is 0 Å². The van der Waals surface area contributed by atoms with Crippen LogP contribution in [0.4, 0.5) is 0 Å². The quantitative estimate of drug-likeness (QED) is 0.869. The summed E-state index contributed by atoms with van der Waals surface area (Å²) in [5.74, 6) is 0. The number of hydrogen-bond acceptors (Lipinski definition) is 2. The topological polar surface area (TPSA) is 46.2 Å². The lowest BCUT2D eigenvalue weighted by Gasteiger charge is -2.49. The third kappa shape index (κ3) is 1.93. The highest BCUT2D eigenvalue weighted by atomic mass is 16.3. The van der Waals surface area contributed by atoms with Crippen LogP contribution in [0.15, 0.2) is 24.3 Å². The molecular weight excluding hydrogens is 246 g/mol. The fourth-order valence-electron chi connectivity index (χ4n) is 4.73.